The Labute approximate surface area is 125 Å². The number of hydrogen-bond acceptors (Lipinski definition) is 5. The van der Waals surface area contributed by atoms with Gasteiger partial charge < -0.3 is 15.0 Å². The van der Waals surface area contributed by atoms with Gasteiger partial charge in [0.25, 0.3) is 0 Å². The quantitative estimate of drug-likeness (QED) is 0.906. The van der Waals surface area contributed by atoms with Crippen LogP contribution in [0.5, 0.6) is 0 Å². The van der Waals surface area contributed by atoms with Crippen molar-refractivity contribution in [2.24, 2.45) is 0 Å². The van der Waals surface area contributed by atoms with Crippen LogP contribution in [0.2, 0.25) is 0 Å². The van der Waals surface area contributed by atoms with Crippen molar-refractivity contribution in [1.82, 2.24) is 10.3 Å². The summed E-state index contributed by atoms with van der Waals surface area (Å²) in [6, 6.07) is 0.758. The van der Waals surface area contributed by atoms with Gasteiger partial charge in [-0.05, 0) is 33.1 Å². The fraction of sp³-hybridized carbons (Fsp3) is 0.800. The summed E-state index contributed by atoms with van der Waals surface area (Å²) in [5.74, 6) is 0. The Morgan fingerprint density at radius 3 is 2.60 bits per heavy atom. The van der Waals surface area contributed by atoms with E-state index in [0.29, 0.717) is 12.2 Å². The predicted octanol–water partition coefficient (Wildman–Crippen LogP) is 2.57. The Morgan fingerprint density at radius 1 is 1.30 bits per heavy atom. The van der Waals surface area contributed by atoms with Gasteiger partial charge in [-0.25, -0.2) is 4.98 Å². The smallest absolute Gasteiger partial charge is 0.186 e. The van der Waals surface area contributed by atoms with Crippen LogP contribution in [0.15, 0.2) is 0 Å². The zero-order chi connectivity index (χ0) is 14.1. The second-order valence-electron chi connectivity index (χ2n) is 6.04. The molecule has 20 heavy (non-hydrogen) atoms. The molecule has 1 saturated heterocycles. The molecule has 1 saturated carbocycles. The summed E-state index contributed by atoms with van der Waals surface area (Å²) >= 11 is 1.86. The van der Waals surface area contributed by atoms with E-state index in [2.05, 4.69) is 31.0 Å². The van der Waals surface area contributed by atoms with Gasteiger partial charge in [0, 0.05) is 30.6 Å². The van der Waals surface area contributed by atoms with Crippen molar-refractivity contribution < 1.29 is 4.74 Å². The van der Waals surface area contributed by atoms with E-state index < -0.39 is 0 Å². The number of nitrogens with one attached hydrogen (secondary N) is 1. The predicted molar refractivity (Wildman–Crippen MR) is 83.6 cm³/mol. The van der Waals surface area contributed by atoms with Gasteiger partial charge >= 0.3 is 0 Å². The Kier molecular flexibility index (Phi) is 4.29. The minimum Gasteiger partial charge on any atom is -0.372 e. The summed E-state index contributed by atoms with van der Waals surface area (Å²) in [5, 5.41) is 4.79. The second-order valence-corrected chi connectivity index (χ2v) is 7.10. The molecule has 5 heteroatoms. The number of morpholine rings is 1. The van der Waals surface area contributed by atoms with Crippen molar-refractivity contribution in [2.75, 3.05) is 18.0 Å². The van der Waals surface area contributed by atoms with Crippen molar-refractivity contribution in [3.63, 3.8) is 0 Å². The van der Waals surface area contributed by atoms with E-state index in [9.17, 15) is 0 Å². The minimum atomic E-state index is 0.292. The van der Waals surface area contributed by atoms with E-state index in [1.54, 1.807) is 0 Å². The Bertz CT molecular complexity index is 448. The number of aryl methyl sites for hydroxylation is 1. The summed E-state index contributed by atoms with van der Waals surface area (Å²) in [4.78, 5) is 8.68. The lowest BCUT2D eigenvalue weighted by Gasteiger charge is -2.35. The second kappa shape index (κ2) is 6.00. The molecule has 2 fully saturated rings. The maximum atomic E-state index is 5.81. The number of aromatic nitrogens is 1. The molecule has 1 aromatic rings. The first-order chi connectivity index (χ1) is 9.65. The molecule has 0 aromatic carbocycles. The standard InChI is InChI=1S/C15H25N3OS/c1-4-13-14(7-16-12-5-6-12)20-15(17-13)18-8-10(2)19-11(3)9-18/h10-12,16H,4-9H2,1-3H3. The first-order valence-corrected chi connectivity index (χ1v) is 8.59. The van der Waals surface area contributed by atoms with Crippen molar-refractivity contribution in [3.8, 4) is 0 Å². The van der Waals surface area contributed by atoms with E-state index in [1.165, 1.54) is 28.5 Å². The third-order valence-electron chi connectivity index (χ3n) is 3.92. The number of thiazole rings is 1. The van der Waals surface area contributed by atoms with Crippen LogP contribution in [0.1, 0.15) is 44.2 Å². The van der Waals surface area contributed by atoms with E-state index >= 15 is 0 Å². The molecular formula is C15H25N3OS. The molecule has 4 nitrogen and oxygen atoms in total. The molecule has 0 spiro atoms. The van der Waals surface area contributed by atoms with E-state index in [4.69, 9.17) is 9.72 Å². The summed E-state index contributed by atoms with van der Waals surface area (Å²) in [6.07, 6.45) is 4.28. The molecule has 2 heterocycles. The Balaban J connectivity index is 1.71. The molecule has 2 aliphatic rings. The summed E-state index contributed by atoms with van der Waals surface area (Å²) in [7, 11) is 0. The fourth-order valence-corrected chi connectivity index (χ4v) is 3.90. The topological polar surface area (TPSA) is 37.4 Å². The van der Waals surface area contributed by atoms with Crippen molar-refractivity contribution >= 4 is 16.5 Å². The van der Waals surface area contributed by atoms with Crippen LogP contribution in [-0.4, -0.2) is 36.3 Å². The van der Waals surface area contributed by atoms with E-state index in [1.807, 2.05) is 11.3 Å². The highest BCUT2D eigenvalue weighted by atomic mass is 32.1. The monoisotopic (exact) mass is 295 g/mol. The Morgan fingerprint density at radius 2 is 2.00 bits per heavy atom. The van der Waals surface area contributed by atoms with E-state index in [0.717, 1.165) is 32.1 Å². The van der Waals surface area contributed by atoms with Crippen LogP contribution in [0, 0.1) is 0 Å². The molecule has 3 rings (SSSR count). The normalized spacial score (nSPS) is 27.1. The lowest BCUT2D eigenvalue weighted by atomic mass is 10.2. The third-order valence-corrected chi connectivity index (χ3v) is 5.08. The van der Waals surface area contributed by atoms with E-state index in [-0.39, 0.29) is 0 Å². The SMILES string of the molecule is CCc1nc(N2CC(C)OC(C)C2)sc1CNC1CC1. The molecule has 0 radical (unpaired) electrons. The van der Waals surface area contributed by atoms with Gasteiger partial charge in [0.15, 0.2) is 5.13 Å². The largest absolute Gasteiger partial charge is 0.372 e. The number of hydrogen-bond donors (Lipinski definition) is 1. The first kappa shape index (κ1) is 14.3. The molecule has 1 N–H and O–H groups in total. The summed E-state index contributed by atoms with van der Waals surface area (Å²) in [6.45, 7) is 9.39. The molecule has 1 aliphatic carbocycles. The lowest BCUT2D eigenvalue weighted by Crippen LogP contribution is -2.45. The third kappa shape index (κ3) is 3.32. The number of anilines is 1. The van der Waals surface area contributed by atoms with Gasteiger partial charge in [0.05, 0.1) is 17.9 Å². The van der Waals surface area contributed by atoms with Crippen molar-refractivity contribution in [2.45, 2.75) is 64.8 Å². The molecular weight excluding hydrogens is 270 g/mol. The highest BCUT2D eigenvalue weighted by Crippen LogP contribution is 2.30. The molecule has 112 valence electrons. The summed E-state index contributed by atoms with van der Waals surface area (Å²) in [5.41, 5.74) is 1.27. The Hall–Kier alpha value is -0.650. The van der Waals surface area contributed by atoms with Gasteiger partial charge in [0.2, 0.25) is 0 Å². The van der Waals surface area contributed by atoms with Crippen molar-refractivity contribution in [3.05, 3.63) is 10.6 Å². The molecule has 0 amide bonds. The van der Waals surface area contributed by atoms with Crippen molar-refractivity contribution in [1.29, 1.82) is 0 Å². The van der Waals surface area contributed by atoms with Crippen LogP contribution >= 0.6 is 11.3 Å². The highest BCUT2D eigenvalue weighted by molar-refractivity contribution is 7.15. The average Bonchev–Trinajstić information content (AvgIpc) is 3.14. The summed E-state index contributed by atoms with van der Waals surface area (Å²) < 4.78 is 5.81. The number of nitrogens with zero attached hydrogens (tertiary/aromatic N) is 2. The van der Waals surface area contributed by atoms with Crippen LogP contribution < -0.4 is 10.2 Å². The fourth-order valence-electron chi connectivity index (χ4n) is 2.78. The van der Waals surface area contributed by atoms with Gasteiger partial charge in [-0.3, -0.25) is 0 Å². The van der Waals surface area contributed by atoms with Gasteiger partial charge in [-0.2, -0.15) is 0 Å². The van der Waals surface area contributed by atoms with Crippen LogP contribution in [0.3, 0.4) is 0 Å². The highest BCUT2D eigenvalue weighted by Gasteiger charge is 2.26. The van der Waals surface area contributed by atoms with Gasteiger partial charge in [0.1, 0.15) is 0 Å². The maximum absolute atomic E-state index is 5.81. The van der Waals surface area contributed by atoms with Crippen LogP contribution in [0.25, 0.3) is 0 Å². The molecule has 2 unspecified atom stereocenters. The average molecular weight is 295 g/mol. The minimum absolute atomic E-state index is 0.292. The maximum Gasteiger partial charge on any atom is 0.186 e. The molecule has 2 atom stereocenters. The van der Waals surface area contributed by atoms with Gasteiger partial charge in [-0.1, -0.05) is 6.92 Å². The van der Waals surface area contributed by atoms with Gasteiger partial charge in [-0.15, -0.1) is 11.3 Å². The number of ether oxygens (including phenoxy) is 1. The lowest BCUT2D eigenvalue weighted by molar-refractivity contribution is -0.00523. The zero-order valence-electron chi connectivity index (χ0n) is 12.7. The zero-order valence-corrected chi connectivity index (χ0v) is 13.5. The molecule has 1 aromatic heterocycles. The first-order valence-electron chi connectivity index (χ1n) is 7.78. The molecule has 1 aliphatic heterocycles. The molecule has 0 bridgehead atoms. The number of rotatable bonds is 5. The van der Waals surface area contributed by atoms with Crippen LogP contribution in [-0.2, 0) is 17.7 Å². The van der Waals surface area contributed by atoms with Crippen LogP contribution in [0.4, 0.5) is 5.13 Å².